The summed E-state index contributed by atoms with van der Waals surface area (Å²) in [5, 5.41) is 11.8. The number of pyridine rings is 1. The van der Waals surface area contributed by atoms with Gasteiger partial charge in [0, 0.05) is 23.8 Å². The minimum absolute atomic E-state index is 0.0670. The Hall–Kier alpha value is -3.67. The monoisotopic (exact) mass is 376 g/mol. The molecule has 0 saturated carbocycles. The van der Waals surface area contributed by atoms with Crippen molar-refractivity contribution in [3.05, 3.63) is 82.1 Å². The second kappa shape index (κ2) is 8.81. The number of oxime groups is 1. The van der Waals surface area contributed by atoms with Gasteiger partial charge in [-0.15, -0.1) is 5.16 Å². The fourth-order valence-electron chi connectivity index (χ4n) is 3.12. The Morgan fingerprint density at radius 3 is 2.25 bits per heavy atom. The van der Waals surface area contributed by atoms with Crippen molar-refractivity contribution in [2.45, 2.75) is 13.3 Å². The van der Waals surface area contributed by atoms with Gasteiger partial charge in [0.25, 0.3) is 5.56 Å². The highest BCUT2D eigenvalue weighted by Gasteiger charge is 2.25. The molecular weight excluding hydrogens is 356 g/mol. The number of H-pyrrole nitrogens is 1. The second-order valence-electron chi connectivity index (χ2n) is 6.01. The van der Waals surface area contributed by atoms with Gasteiger partial charge >= 0.3 is 5.97 Å². The first-order valence-corrected chi connectivity index (χ1v) is 8.90. The molecule has 0 aliphatic rings. The van der Waals surface area contributed by atoms with Crippen LogP contribution in [-0.2, 0) is 11.2 Å². The van der Waals surface area contributed by atoms with Crippen LogP contribution >= 0.6 is 0 Å². The van der Waals surface area contributed by atoms with E-state index >= 15 is 0 Å². The Balaban J connectivity index is 2.41. The standard InChI is InChI=1S/C22H20N2O4/c1-2-28-22(26)19-18(15-9-5-3-6-10-15)17(13-14-23-27)21(25)24-20(19)16-11-7-4-8-12-16/h3-12,14,27H,2,13H2,1H3,(H,24,25)/b23-14-. The van der Waals surface area contributed by atoms with Gasteiger partial charge in [0.15, 0.2) is 0 Å². The molecule has 0 bridgehead atoms. The normalized spacial score (nSPS) is 10.9. The molecule has 3 rings (SSSR count). The van der Waals surface area contributed by atoms with Gasteiger partial charge in [-0.3, -0.25) is 4.79 Å². The minimum atomic E-state index is -0.529. The lowest BCUT2D eigenvalue weighted by Gasteiger charge is -2.17. The number of benzene rings is 2. The van der Waals surface area contributed by atoms with E-state index in [0.29, 0.717) is 27.9 Å². The molecule has 0 unspecified atom stereocenters. The summed E-state index contributed by atoms with van der Waals surface area (Å²) in [6, 6.07) is 18.3. The van der Waals surface area contributed by atoms with Gasteiger partial charge in [-0.2, -0.15) is 0 Å². The third kappa shape index (κ3) is 3.86. The van der Waals surface area contributed by atoms with E-state index in [4.69, 9.17) is 9.94 Å². The van der Waals surface area contributed by atoms with Crippen molar-refractivity contribution in [1.29, 1.82) is 0 Å². The maximum absolute atomic E-state index is 12.9. The minimum Gasteiger partial charge on any atom is -0.462 e. The van der Waals surface area contributed by atoms with Crippen molar-refractivity contribution in [2.24, 2.45) is 5.16 Å². The fraction of sp³-hybridized carbons (Fsp3) is 0.136. The Kier molecular flexibility index (Phi) is 6.01. The topological polar surface area (TPSA) is 91.8 Å². The van der Waals surface area contributed by atoms with Crippen LogP contribution in [0.1, 0.15) is 22.8 Å². The number of ether oxygens (including phenoxy) is 1. The summed E-state index contributed by atoms with van der Waals surface area (Å²) in [6.07, 6.45) is 1.28. The lowest BCUT2D eigenvalue weighted by molar-refractivity contribution is 0.0527. The average molecular weight is 376 g/mol. The SMILES string of the molecule is CCOC(=O)c1c(-c2ccccc2)[nH]c(=O)c(C/C=N\O)c1-c1ccccc1. The van der Waals surface area contributed by atoms with Gasteiger partial charge in [0.1, 0.15) is 0 Å². The smallest absolute Gasteiger partial charge is 0.340 e. The molecular formula is C22H20N2O4. The number of hydrogen-bond acceptors (Lipinski definition) is 5. The fourth-order valence-corrected chi connectivity index (χ4v) is 3.12. The average Bonchev–Trinajstić information content (AvgIpc) is 2.73. The Morgan fingerprint density at radius 2 is 1.68 bits per heavy atom. The lowest BCUT2D eigenvalue weighted by Crippen LogP contribution is -2.21. The molecule has 6 nitrogen and oxygen atoms in total. The van der Waals surface area contributed by atoms with Crippen LogP contribution in [0.2, 0.25) is 0 Å². The van der Waals surface area contributed by atoms with Crippen LogP contribution in [-0.4, -0.2) is 29.0 Å². The molecule has 0 atom stereocenters. The Morgan fingerprint density at radius 1 is 1.07 bits per heavy atom. The molecule has 0 fully saturated rings. The zero-order chi connectivity index (χ0) is 19.9. The van der Waals surface area contributed by atoms with Crippen LogP contribution < -0.4 is 5.56 Å². The number of carbonyl (C=O) groups excluding carboxylic acids is 1. The summed E-state index contributed by atoms with van der Waals surface area (Å²) in [6.45, 7) is 1.93. The zero-order valence-electron chi connectivity index (χ0n) is 15.4. The number of aromatic nitrogens is 1. The van der Waals surface area contributed by atoms with Crippen molar-refractivity contribution in [3.8, 4) is 22.4 Å². The number of esters is 1. The van der Waals surface area contributed by atoms with Gasteiger partial charge in [0.05, 0.1) is 17.9 Å². The summed E-state index contributed by atoms with van der Waals surface area (Å²) in [7, 11) is 0. The first-order chi connectivity index (χ1) is 13.7. The summed E-state index contributed by atoms with van der Waals surface area (Å²) >= 11 is 0. The molecule has 28 heavy (non-hydrogen) atoms. The number of nitrogens with one attached hydrogen (secondary N) is 1. The largest absolute Gasteiger partial charge is 0.462 e. The molecule has 1 aromatic heterocycles. The van der Waals surface area contributed by atoms with Crippen LogP contribution in [0.4, 0.5) is 0 Å². The van der Waals surface area contributed by atoms with Crippen LogP contribution in [0.25, 0.3) is 22.4 Å². The van der Waals surface area contributed by atoms with E-state index in [9.17, 15) is 9.59 Å². The first-order valence-electron chi connectivity index (χ1n) is 8.90. The molecule has 142 valence electrons. The van der Waals surface area contributed by atoms with E-state index in [0.717, 1.165) is 0 Å². The van der Waals surface area contributed by atoms with E-state index < -0.39 is 5.97 Å². The highest BCUT2D eigenvalue weighted by molar-refractivity contribution is 6.04. The quantitative estimate of drug-likeness (QED) is 0.295. The summed E-state index contributed by atoms with van der Waals surface area (Å²) in [4.78, 5) is 28.7. The molecule has 0 radical (unpaired) electrons. The third-order valence-electron chi connectivity index (χ3n) is 4.30. The molecule has 6 heteroatoms. The number of nitrogens with zero attached hydrogens (tertiary/aromatic N) is 1. The molecule has 1 heterocycles. The number of aromatic amines is 1. The van der Waals surface area contributed by atoms with E-state index in [1.54, 1.807) is 6.92 Å². The number of hydrogen-bond donors (Lipinski definition) is 2. The van der Waals surface area contributed by atoms with E-state index in [1.165, 1.54) is 6.21 Å². The molecule has 0 spiro atoms. The molecule has 3 aromatic rings. The predicted molar refractivity (Wildman–Crippen MR) is 108 cm³/mol. The van der Waals surface area contributed by atoms with Gasteiger partial charge in [-0.05, 0) is 18.1 Å². The summed E-state index contributed by atoms with van der Waals surface area (Å²) < 4.78 is 5.31. The van der Waals surface area contributed by atoms with Gasteiger partial charge in [-0.25, -0.2) is 4.79 Å². The second-order valence-corrected chi connectivity index (χ2v) is 6.01. The molecule has 0 saturated heterocycles. The maximum Gasteiger partial charge on any atom is 0.340 e. The summed E-state index contributed by atoms with van der Waals surface area (Å²) in [5.74, 6) is -0.529. The van der Waals surface area contributed by atoms with Crippen LogP contribution in [0.5, 0.6) is 0 Å². The van der Waals surface area contributed by atoms with Crippen LogP contribution in [0.3, 0.4) is 0 Å². The lowest BCUT2D eigenvalue weighted by atomic mass is 9.91. The van der Waals surface area contributed by atoms with Crippen LogP contribution in [0.15, 0.2) is 70.6 Å². The first kappa shape index (κ1) is 19.1. The highest BCUT2D eigenvalue weighted by atomic mass is 16.5. The van der Waals surface area contributed by atoms with E-state index in [-0.39, 0.29) is 24.2 Å². The number of carbonyl (C=O) groups is 1. The van der Waals surface area contributed by atoms with E-state index in [2.05, 4.69) is 10.1 Å². The van der Waals surface area contributed by atoms with Crippen molar-refractivity contribution >= 4 is 12.2 Å². The summed E-state index contributed by atoms with van der Waals surface area (Å²) in [5.41, 5.74) is 2.52. The molecule has 0 aliphatic carbocycles. The van der Waals surface area contributed by atoms with Gasteiger partial charge in [0.2, 0.25) is 0 Å². The Bertz CT molecular complexity index is 1040. The van der Waals surface area contributed by atoms with Gasteiger partial charge < -0.3 is 14.9 Å². The maximum atomic E-state index is 12.9. The van der Waals surface area contributed by atoms with Crippen LogP contribution in [0, 0.1) is 0 Å². The zero-order valence-corrected chi connectivity index (χ0v) is 15.4. The van der Waals surface area contributed by atoms with E-state index in [1.807, 2.05) is 60.7 Å². The molecule has 2 aromatic carbocycles. The molecule has 0 amide bonds. The van der Waals surface area contributed by atoms with Crippen molar-refractivity contribution < 1.29 is 14.7 Å². The predicted octanol–water partition coefficient (Wildman–Crippen LogP) is 3.89. The van der Waals surface area contributed by atoms with Crippen molar-refractivity contribution in [1.82, 2.24) is 4.98 Å². The Labute approximate surface area is 162 Å². The highest BCUT2D eigenvalue weighted by Crippen LogP contribution is 2.33. The number of rotatable bonds is 6. The third-order valence-corrected chi connectivity index (χ3v) is 4.30. The van der Waals surface area contributed by atoms with Gasteiger partial charge in [-0.1, -0.05) is 60.7 Å². The van der Waals surface area contributed by atoms with Crippen molar-refractivity contribution in [3.63, 3.8) is 0 Å². The molecule has 0 aliphatic heterocycles. The van der Waals surface area contributed by atoms with Crippen molar-refractivity contribution in [2.75, 3.05) is 6.61 Å². The molecule has 2 N–H and O–H groups in total.